The van der Waals surface area contributed by atoms with E-state index in [4.69, 9.17) is 16.2 Å². The van der Waals surface area contributed by atoms with E-state index in [0.29, 0.717) is 17.6 Å². The van der Waals surface area contributed by atoms with Gasteiger partial charge in [-0.2, -0.15) is 0 Å². The van der Waals surface area contributed by atoms with Gasteiger partial charge in [0.1, 0.15) is 35.9 Å². The molecular weight excluding hydrogens is 961 g/mol. The Morgan fingerprint density at radius 1 is 0.905 bits per heavy atom. The zero-order valence-electron chi connectivity index (χ0n) is 42.7. The fraction of sp³-hybridized carbons (Fsp3) is 0.490. The number of carboxylic acids is 2. The average molecular weight is 1030 g/mol. The molecule has 0 unspecified atom stereocenters. The molecule has 1 fully saturated rings. The maximum Gasteiger partial charge on any atom is 0.326 e. The highest BCUT2D eigenvalue weighted by Gasteiger charge is 2.34. The van der Waals surface area contributed by atoms with E-state index >= 15 is 0 Å². The Morgan fingerprint density at radius 2 is 1.55 bits per heavy atom. The van der Waals surface area contributed by atoms with Crippen LogP contribution in [-0.2, 0) is 54.3 Å². The molecule has 2 aliphatic rings. The summed E-state index contributed by atoms with van der Waals surface area (Å²) in [6.45, 7) is 10.1. The smallest absolute Gasteiger partial charge is 0.326 e. The topological polar surface area (TPSA) is 363 Å². The molecule has 1 aromatic rings. The number of amides is 7. The number of nitrogens with one attached hydrogen (secondary N) is 6. The van der Waals surface area contributed by atoms with Crippen molar-refractivity contribution < 1.29 is 63.2 Å². The lowest BCUT2D eigenvalue weighted by molar-refractivity contribution is -0.144. The lowest BCUT2D eigenvalue weighted by Gasteiger charge is -2.27. The Hall–Kier alpha value is -7.66. The highest BCUT2D eigenvalue weighted by molar-refractivity contribution is 6.00. The highest BCUT2D eigenvalue weighted by Crippen LogP contribution is 2.20. The molecule has 13 N–H and O–H groups in total. The number of carbonyl (C=O) groups excluding carboxylic acids is 7. The Kier molecular flexibility index (Phi) is 24.4. The van der Waals surface area contributed by atoms with Crippen molar-refractivity contribution in [2.24, 2.45) is 28.3 Å². The van der Waals surface area contributed by atoms with Crippen molar-refractivity contribution in [3.8, 4) is 0 Å². The summed E-state index contributed by atoms with van der Waals surface area (Å²) in [7, 11) is 2.80. The van der Waals surface area contributed by atoms with Crippen LogP contribution in [0.3, 0.4) is 0 Å². The molecule has 1 aliphatic heterocycles. The molecule has 3 rings (SSSR count). The lowest BCUT2D eigenvalue weighted by atomic mass is 9.94. The summed E-state index contributed by atoms with van der Waals surface area (Å²) in [5.41, 5.74) is 12.8. The van der Waals surface area contributed by atoms with Crippen molar-refractivity contribution in [3.63, 3.8) is 0 Å². The molecule has 1 heterocycles. The Morgan fingerprint density at radius 3 is 2.16 bits per heavy atom. The molecule has 74 heavy (non-hydrogen) atoms. The minimum atomic E-state index is -1.92. The summed E-state index contributed by atoms with van der Waals surface area (Å²) in [5, 5.41) is 45.3. The summed E-state index contributed by atoms with van der Waals surface area (Å²) in [4.78, 5) is 126. The number of nitrogens with two attached hydrogens (primary N) is 2. The zero-order valence-corrected chi connectivity index (χ0v) is 42.7. The Balaban J connectivity index is 2.10. The molecule has 0 radical (unpaired) electrons. The number of aliphatic hydroxyl groups is 1. The number of carbonyl (C=O) groups is 9. The maximum atomic E-state index is 14.3. The first-order valence-corrected chi connectivity index (χ1v) is 24.2. The number of nitrogens with zero attached hydrogens (tertiary/aromatic N) is 2. The molecule has 404 valence electrons. The zero-order chi connectivity index (χ0) is 55.2. The van der Waals surface area contributed by atoms with Crippen LogP contribution in [0.2, 0.25) is 0 Å². The second-order valence-electron chi connectivity index (χ2n) is 18.3. The monoisotopic (exact) mass is 1030 g/mol. The molecule has 7 amide bonds. The van der Waals surface area contributed by atoms with Crippen molar-refractivity contribution in [1.82, 2.24) is 36.8 Å². The average Bonchev–Trinajstić information content (AvgIpc) is 3.35. The van der Waals surface area contributed by atoms with Crippen LogP contribution in [0.4, 0.5) is 0 Å². The number of ether oxygens (including phenoxy) is 1. The van der Waals surface area contributed by atoms with Crippen molar-refractivity contribution in [2.75, 3.05) is 20.7 Å². The first-order valence-electron chi connectivity index (χ1n) is 24.2. The summed E-state index contributed by atoms with van der Waals surface area (Å²) in [6, 6.07) is 0.672. The summed E-state index contributed by atoms with van der Waals surface area (Å²) < 4.78 is 5.81. The van der Waals surface area contributed by atoms with Crippen LogP contribution in [-0.4, -0.2) is 149 Å². The molecule has 10 atom stereocenters. The van der Waals surface area contributed by atoms with Gasteiger partial charge in [0.25, 0.3) is 5.91 Å². The molecule has 0 bridgehead atoms. The molecule has 23 heteroatoms. The van der Waals surface area contributed by atoms with Crippen LogP contribution in [0.5, 0.6) is 0 Å². The third kappa shape index (κ3) is 20.1. The van der Waals surface area contributed by atoms with Crippen molar-refractivity contribution in [1.29, 1.82) is 0 Å². The van der Waals surface area contributed by atoms with Gasteiger partial charge in [0.15, 0.2) is 5.96 Å². The van der Waals surface area contributed by atoms with Gasteiger partial charge in [-0.3, -0.25) is 38.6 Å². The maximum absolute atomic E-state index is 14.3. The fourth-order valence-electron chi connectivity index (χ4n) is 7.81. The van der Waals surface area contributed by atoms with E-state index < -0.39 is 127 Å². The van der Waals surface area contributed by atoms with E-state index in [9.17, 15) is 58.5 Å². The van der Waals surface area contributed by atoms with E-state index in [2.05, 4.69) is 43.5 Å². The standard InChI is InChI=1S/C51H72N10O13/c1-28(24-29(2)41(74-7)26-33-12-9-8-10-13-33)15-20-36-30(3)44(65)58-38(49(70)71)21-22-43(64)61(6)32(5)46(67)55-31(4)45(66)59-39(25-34-16-18-35(62)19-17-34)48(69)60-40(50(72)73)27-42(63)56-37(47(68)57-36)14-11-23-54-51(52)53/h8-10,12-13,15-18,20,24,29-31,35-41,62H,5,11,14,19,21-23,25-27H2,1-4,6-7H3,(H,55,67)(H,56,63)(H,57,68)(H,58,65)(H,59,66)(H,60,69)(H,70,71)(H,72,73)(H4,52,53,54)/b20-15?,28-24+/t29-,30-,31+,35-,36-,37-,38+,39-,40+,41-/m0/s1. The summed E-state index contributed by atoms with van der Waals surface area (Å²) >= 11 is 0. The number of likely N-dealkylation sites (N-methyl/N-ethyl adjacent to an activating group) is 1. The largest absolute Gasteiger partial charge is 0.480 e. The van der Waals surface area contributed by atoms with E-state index in [1.807, 2.05) is 43.3 Å². The predicted octanol–water partition coefficient (Wildman–Crippen LogP) is -0.0364. The van der Waals surface area contributed by atoms with Crippen LogP contribution >= 0.6 is 0 Å². The first-order chi connectivity index (χ1) is 34.9. The summed E-state index contributed by atoms with van der Waals surface area (Å²) in [5.74, 6) is -11.2. The minimum absolute atomic E-state index is 0.00974. The van der Waals surface area contributed by atoms with Crippen molar-refractivity contribution in [2.45, 2.75) is 128 Å². The van der Waals surface area contributed by atoms with Gasteiger partial charge < -0.3 is 68.3 Å². The number of benzene rings is 1. The van der Waals surface area contributed by atoms with Crippen molar-refractivity contribution >= 4 is 59.2 Å². The highest BCUT2D eigenvalue weighted by atomic mass is 16.5. The van der Waals surface area contributed by atoms with Crippen LogP contribution in [0.15, 0.2) is 95.2 Å². The predicted molar refractivity (Wildman–Crippen MR) is 273 cm³/mol. The number of aliphatic imine (C=N–C) groups is 1. The van der Waals surface area contributed by atoms with Crippen LogP contribution in [0, 0.1) is 11.8 Å². The SMILES string of the molecule is C=C1C(=O)N[C@H](C)C(=O)N[C@@H](CC2=CC[C@@H](O)C=C2)C(=O)N[C@@H](C(=O)O)CC(=O)N[C@@H](CCCN=C(N)N)C(=O)N[C@@H](C=C/C(C)=C/[C@H](C)[C@H](Cc2ccccc2)OC)[C@H](C)C(=O)N[C@@H](C(=O)O)CCC(=O)N1C. The van der Waals surface area contributed by atoms with Gasteiger partial charge in [-0.25, -0.2) is 9.59 Å². The number of carboxylic acid groups (broad SMARTS) is 2. The second-order valence-corrected chi connectivity index (χ2v) is 18.3. The van der Waals surface area contributed by atoms with E-state index in [0.717, 1.165) is 10.5 Å². The number of rotatable bonds is 15. The Labute approximate surface area is 430 Å². The molecule has 1 saturated heterocycles. The quantitative estimate of drug-likeness (QED) is 0.0361. The molecule has 0 saturated carbocycles. The summed E-state index contributed by atoms with van der Waals surface area (Å²) in [6.07, 6.45) is 7.32. The normalized spacial score (nSPS) is 25.6. The van der Waals surface area contributed by atoms with Crippen LogP contribution in [0.25, 0.3) is 0 Å². The molecule has 1 aliphatic carbocycles. The van der Waals surface area contributed by atoms with E-state index in [-0.39, 0.29) is 50.2 Å². The van der Waals surface area contributed by atoms with Gasteiger partial charge in [-0.15, -0.1) is 0 Å². The van der Waals surface area contributed by atoms with Crippen LogP contribution in [0.1, 0.15) is 78.2 Å². The number of aliphatic hydroxyl groups excluding tert-OH is 1. The lowest BCUT2D eigenvalue weighted by Crippen LogP contribution is -2.56. The number of methoxy groups -OCH3 is 1. The number of hydrogen-bond acceptors (Lipinski definition) is 12. The Bertz CT molecular complexity index is 2360. The van der Waals surface area contributed by atoms with E-state index in [1.54, 1.807) is 26.2 Å². The first kappa shape index (κ1) is 60.6. The van der Waals surface area contributed by atoms with Crippen LogP contribution < -0.4 is 43.4 Å². The molecule has 23 nitrogen and oxygen atoms in total. The molecular formula is C51H72N10O13. The number of allylic oxidation sites excluding steroid dienone is 3. The number of guanidine groups is 1. The molecule has 0 spiro atoms. The second kappa shape index (κ2) is 29.8. The minimum Gasteiger partial charge on any atom is -0.480 e. The third-order valence-corrected chi connectivity index (χ3v) is 12.4. The number of hydrogen-bond donors (Lipinski definition) is 11. The third-order valence-electron chi connectivity index (χ3n) is 12.4. The van der Waals surface area contributed by atoms with Gasteiger partial charge in [-0.05, 0) is 57.1 Å². The fourth-order valence-corrected chi connectivity index (χ4v) is 7.81. The van der Waals surface area contributed by atoms with Gasteiger partial charge >= 0.3 is 11.9 Å². The molecule has 1 aromatic carbocycles. The van der Waals surface area contributed by atoms with E-state index in [1.165, 1.54) is 39.1 Å². The molecule has 0 aromatic heterocycles. The van der Waals surface area contributed by atoms with Gasteiger partial charge in [-0.1, -0.05) is 92.8 Å². The number of aliphatic carboxylic acids is 2. The van der Waals surface area contributed by atoms with Gasteiger partial charge in [0, 0.05) is 39.5 Å². The van der Waals surface area contributed by atoms with Gasteiger partial charge in [0.05, 0.1) is 30.6 Å². The van der Waals surface area contributed by atoms with Crippen molar-refractivity contribution in [3.05, 3.63) is 95.8 Å². The van der Waals surface area contributed by atoms with Gasteiger partial charge in [0.2, 0.25) is 35.4 Å².